The summed E-state index contributed by atoms with van der Waals surface area (Å²) in [5.74, 6) is -1.70. The van der Waals surface area contributed by atoms with Crippen molar-refractivity contribution in [1.29, 1.82) is 0 Å². The molecule has 11 heavy (non-hydrogen) atoms. The van der Waals surface area contributed by atoms with Crippen LogP contribution in [0.25, 0.3) is 0 Å². The Hall–Kier alpha value is -0.940. The Morgan fingerprint density at radius 1 is 1.45 bits per heavy atom. The summed E-state index contributed by atoms with van der Waals surface area (Å²) in [5.41, 5.74) is 0. The third-order valence-corrected chi connectivity index (χ3v) is 0.912. The molecule has 0 spiro atoms. The Balaban J connectivity index is 3.67. The van der Waals surface area contributed by atoms with Crippen molar-refractivity contribution in [1.82, 2.24) is 0 Å². The Labute approximate surface area is 63.6 Å². The number of aliphatic hydroxyl groups is 2. The van der Waals surface area contributed by atoms with E-state index in [2.05, 4.69) is 4.74 Å². The second kappa shape index (κ2) is 4.81. The van der Waals surface area contributed by atoms with Crippen LogP contribution in [-0.2, 0) is 14.3 Å². The average molecular weight is 162 g/mol. The van der Waals surface area contributed by atoms with Crippen molar-refractivity contribution in [3.05, 3.63) is 0 Å². The molecule has 0 atom stereocenters. The molecule has 0 saturated heterocycles. The van der Waals surface area contributed by atoms with Gasteiger partial charge in [-0.3, -0.25) is 9.59 Å². The van der Waals surface area contributed by atoms with E-state index in [-0.39, 0.29) is 6.61 Å². The van der Waals surface area contributed by atoms with E-state index in [4.69, 9.17) is 10.2 Å². The second-order valence-corrected chi connectivity index (χ2v) is 1.82. The van der Waals surface area contributed by atoms with Crippen LogP contribution in [0.15, 0.2) is 0 Å². The first-order chi connectivity index (χ1) is 5.07. The zero-order valence-electron chi connectivity index (χ0n) is 6.11. The number of rotatable bonds is 4. The fourth-order valence-corrected chi connectivity index (χ4v) is 0.446. The van der Waals surface area contributed by atoms with Crippen LogP contribution in [0.3, 0.4) is 0 Å². The first-order valence-corrected chi connectivity index (χ1v) is 3.12. The molecule has 0 radical (unpaired) electrons. The van der Waals surface area contributed by atoms with Crippen LogP contribution >= 0.6 is 0 Å². The lowest BCUT2D eigenvalue weighted by molar-refractivity contribution is -0.154. The standard InChI is InChI=1S/C6H10O5/c1-2-11-5(8)3-4(7)6(9)10/h6,9-10H,2-3H2,1H3. The highest BCUT2D eigenvalue weighted by Crippen LogP contribution is 1.91. The molecular weight excluding hydrogens is 152 g/mol. The van der Waals surface area contributed by atoms with Gasteiger partial charge in [-0.25, -0.2) is 0 Å². The Kier molecular flexibility index (Phi) is 4.40. The molecule has 0 fully saturated rings. The SMILES string of the molecule is CCOC(=O)CC(=O)C(O)O. The number of ether oxygens (including phenoxy) is 1. The fraction of sp³-hybridized carbons (Fsp3) is 0.667. The van der Waals surface area contributed by atoms with Crippen molar-refractivity contribution in [2.45, 2.75) is 19.6 Å². The molecule has 0 bridgehead atoms. The molecule has 0 rings (SSSR count). The molecule has 0 aliphatic heterocycles. The van der Waals surface area contributed by atoms with E-state index in [0.717, 1.165) is 0 Å². The van der Waals surface area contributed by atoms with Crippen LogP contribution in [0, 0.1) is 0 Å². The molecule has 0 unspecified atom stereocenters. The van der Waals surface area contributed by atoms with Gasteiger partial charge in [0.15, 0.2) is 5.78 Å². The fourth-order valence-electron chi connectivity index (χ4n) is 0.446. The van der Waals surface area contributed by atoms with Gasteiger partial charge in [0.05, 0.1) is 6.61 Å². The highest BCUT2D eigenvalue weighted by Gasteiger charge is 2.15. The van der Waals surface area contributed by atoms with Crippen molar-refractivity contribution < 1.29 is 24.5 Å². The van der Waals surface area contributed by atoms with E-state index in [1.807, 2.05) is 0 Å². The summed E-state index contributed by atoms with van der Waals surface area (Å²) in [5, 5.41) is 16.5. The van der Waals surface area contributed by atoms with Gasteiger partial charge in [0.1, 0.15) is 6.42 Å². The molecule has 0 heterocycles. The normalized spacial score (nSPS) is 9.82. The monoisotopic (exact) mass is 162 g/mol. The molecule has 0 aliphatic rings. The third kappa shape index (κ3) is 4.46. The Bertz CT molecular complexity index is 151. The molecule has 0 aromatic rings. The van der Waals surface area contributed by atoms with Gasteiger partial charge in [-0.05, 0) is 6.92 Å². The van der Waals surface area contributed by atoms with Gasteiger partial charge in [0, 0.05) is 0 Å². The summed E-state index contributed by atoms with van der Waals surface area (Å²) < 4.78 is 4.38. The number of hydrogen-bond donors (Lipinski definition) is 2. The molecular formula is C6H10O5. The number of aliphatic hydroxyl groups excluding tert-OH is 1. The van der Waals surface area contributed by atoms with E-state index in [0.29, 0.717) is 0 Å². The first-order valence-electron chi connectivity index (χ1n) is 3.12. The van der Waals surface area contributed by atoms with Crippen LogP contribution in [0.2, 0.25) is 0 Å². The molecule has 0 aromatic heterocycles. The van der Waals surface area contributed by atoms with Crippen molar-refractivity contribution in [3.63, 3.8) is 0 Å². The Morgan fingerprint density at radius 3 is 2.36 bits per heavy atom. The number of carbonyl (C=O) groups excluding carboxylic acids is 2. The van der Waals surface area contributed by atoms with Gasteiger partial charge in [-0.1, -0.05) is 0 Å². The maximum atomic E-state index is 10.5. The smallest absolute Gasteiger partial charge is 0.313 e. The number of Topliss-reactive ketones (excluding diaryl/α,β-unsaturated/α-hetero) is 1. The van der Waals surface area contributed by atoms with Crippen LogP contribution in [-0.4, -0.2) is 34.9 Å². The number of carbonyl (C=O) groups is 2. The molecule has 0 aromatic carbocycles. The van der Waals surface area contributed by atoms with Gasteiger partial charge < -0.3 is 14.9 Å². The summed E-state index contributed by atoms with van der Waals surface area (Å²) in [6.07, 6.45) is -2.68. The number of ketones is 1. The molecule has 0 aliphatic carbocycles. The summed E-state index contributed by atoms with van der Waals surface area (Å²) in [4.78, 5) is 20.9. The maximum Gasteiger partial charge on any atom is 0.313 e. The molecule has 5 nitrogen and oxygen atoms in total. The third-order valence-electron chi connectivity index (χ3n) is 0.912. The first kappa shape index (κ1) is 10.1. The van der Waals surface area contributed by atoms with Crippen LogP contribution in [0.5, 0.6) is 0 Å². The van der Waals surface area contributed by atoms with Gasteiger partial charge in [-0.15, -0.1) is 0 Å². The second-order valence-electron chi connectivity index (χ2n) is 1.82. The molecule has 0 saturated carbocycles. The van der Waals surface area contributed by atoms with E-state index in [1.165, 1.54) is 0 Å². The highest BCUT2D eigenvalue weighted by atomic mass is 16.5. The number of hydrogen-bond acceptors (Lipinski definition) is 5. The summed E-state index contributed by atoms with van der Waals surface area (Å²) >= 11 is 0. The van der Waals surface area contributed by atoms with Crippen LogP contribution < -0.4 is 0 Å². The minimum atomic E-state index is -2.08. The maximum absolute atomic E-state index is 10.5. The highest BCUT2D eigenvalue weighted by molar-refractivity contribution is 5.97. The van der Waals surface area contributed by atoms with Crippen molar-refractivity contribution >= 4 is 11.8 Å². The van der Waals surface area contributed by atoms with Crippen molar-refractivity contribution in [2.75, 3.05) is 6.61 Å². The van der Waals surface area contributed by atoms with Gasteiger partial charge in [0.25, 0.3) is 0 Å². The van der Waals surface area contributed by atoms with E-state index in [1.54, 1.807) is 6.92 Å². The Morgan fingerprint density at radius 2 is 2.00 bits per heavy atom. The summed E-state index contributed by atoms with van der Waals surface area (Å²) in [6.45, 7) is 1.77. The number of esters is 1. The summed E-state index contributed by atoms with van der Waals surface area (Å²) in [6, 6.07) is 0. The molecule has 64 valence electrons. The predicted octanol–water partition coefficient (Wildman–Crippen LogP) is -1.18. The largest absolute Gasteiger partial charge is 0.466 e. The average Bonchev–Trinajstić information content (AvgIpc) is 1.87. The topological polar surface area (TPSA) is 83.8 Å². The minimum Gasteiger partial charge on any atom is -0.466 e. The predicted molar refractivity (Wildman–Crippen MR) is 34.5 cm³/mol. The zero-order valence-corrected chi connectivity index (χ0v) is 6.11. The van der Waals surface area contributed by atoms with Gasteiger partial charge >= 0.3 is 5.97 Å². The quantitative estimate of drug-likeness (QED) is 0.309. The van der Waals surface area contributed by atoms with Gasteiger partial charge in [-0.2, -0.15) is 0 Å². The van der Waals surface area contributed by atoms with Crippen LogP contribution in [0.4, 0.5) is 0 Å². The zero-order chi connectivity index (χ0) is 8.85. The molecule has 5 heteroatoms. The molecule has 0 amide bonds. The lowest BCUT2D eigenvalue weighted by atomic mass is 10.3. The van der Waals surface area contributed by atoms with Crippen LogP contribution in [0.1, 0.15) is 13.3 Å². The van der Waals surface area contributed by atoms with Crippen molar-refractivity contribution in [2.24, 2.45) is 0 Å². The van der Waals surface area contributed by atoms with Gasteiger partial charge in [0.2, 0.25) is 6.29 Å². The van der Waals surface area contributed by atoms with Crippen molar-refractivity contribution in [3.8, 4) is 0 Å². The summed E-state index contributed by atoms with van der Waals surface area (Å²) in [7, 11) is 0. The van der Waals surface area contributed by atoms with E-state index in [9.17, 15) is 9.59 Å². The molecule has 2 N–H and O–H groups in total. The lowest BCUT2D eigenvalue weighted by Gasteiger charge is -2.01. The van der Waals surface area contributed by atoms with E-state index < -0.39 is 24.5 Å². The minimum absolute atomic E-state index is 0.174. The van der Waals surface area contributed by atoms with E-state index >= 15 is 0 Å². The lowest BCUT2D eigenvalue weighted by Crippen LogP contribution is -2.23.